The first-order valence-corrected chi connectivity index (χ1v) is 10.9. The molecule has 5 rings (SSSR count). The van der Waals surface area contributed by atoms with E-state index in [9.17, 15) is 14.4 Å². The minimum atomic E-state index is -1.05. The third-order valence-corrected chi connectivity index (χ3v) is 5.96. The highest BCUT2D eigenvalue weighted by molar-refractivity contribution is 6.05. The smallest absolute Gasteiger partial charge is 0.255 e. The zero-order valence-electron chi connectivity index (χ0n) is 23.0. The molecular formula is C25H27N3O5. The molecule has 0 spiro atoms. The van der Waals surface area contributed by atoms with Crippen molar-refractivity contribution in [3.63, 3.8) is 0 Å². The third kappa shape index (κ3) is 4.62. The molecule has 8 nitrogen and oxygen atoms in total. The molecular weight excluding hydrogens is 422 g/mol. The van der Waals surface area contributed by atoms with Crippen molar-refractivity contribution in [1.82, 2.24) is 15.1 Å². The van der Waals surface area contributed by atoms with E-state index < -0.39 is 18.5 Å². The van der Waals surface area contributed by atoms with Crippen molar-refractivity contribution in [2.24, 2.45) is 0 Å². The lowest BCUT2D eigenvalue weighted by Gasteiger charge is -2.29. The molecule has 0 aliphatic carbocycles. The number of ether oxygens (including phenoxy) is 2. The zero-order chi connectivity index (χ0) is 27.1. The van der Waals surface area contributed by atoms with Gasteiger partial charge in [-0.1, -0.05) is 30.2 Å². The predicted octanol–water partition coefficient (Wildman–Crippen LogP) is 1.86. The van der Waals surface area contributed by atoms with Crippen LogP contribution >= 0.6 is 0 Å². The summed E-state index contributed by atoms with van der Waals surface area (Å²) in [4.78, 5) is 40.1. The number of nitrogens with zero attached hydrogens (tertiary/aromatic N) is 2. The van der Waals surface area contributed by atoms with Gasteiger partial charge in [0.1, 0.15) is 18.4 Å². The van der Waals surface area contributed by atoms with Crippen molar-refractivity contribution < 1.29 is 30.7 Å². The Morgan fingerprint density at radius 1 is 1.12 bits per heavy atom. The van der Waals surface area contributed by atoms with Crippen LogP contribution in [0.1, 0.15) is 46.7 Å². The fourth-order valence-electron chi connectivity index (χ4n) is 4.22. The van der Waals surface area contributed by atoms with Crippen molar-refractivity contribution in [3.8, 4) is 5.75 Å². The van der Waals surface area contributed by atoms with E-state index in [0.29, 0.717) is 43.2 Å². The molecule has 2 aromatic carbocycles. The van der Waals surface area contributed by atoms with Crippen LogP contribution in [0.3, 0.4) is 0 Å². The topological polar surface area (TPSA) is 88.2 Å². The highest BCUT2D eigenvalue weighted by Crippen LogP contribution is 2.34. The van der Waals surface area contributed by atoms with Gasteiger partial charge in [0, 0.05) is 38.5 Å². The Morgan fingerprint density at radius 2 is 1.88 bits per heavy atom. The Labute approximate surface area is 199 Å². The average Bonchev–Trinajstić information content (AvgIpc) is 3.25. The van der Waals surface area contributed by atoms with Gasteiger partial charge in [0.05, 0.1) is 25.2 Å². The maximum atomic E-state index is 13.0. The summed E-state index contributed by atoms with van der Waals surface area (Å²) in [5, 5.41) is 2.27. The molecule has 0 aromatic heterocycles. The van der Waals surface area contributed by atoms with Crippen molar-refractivity contribution in [2.75, 3.05) is 26.3 Å². The van der Waals surface area contributed by atoms with Crippen LogP contribution in [0.15, 0.2) is 42.4 Å². The van der Waals surface area contributed by atoms with E-state index in [4.69, 9.17) is 16.3 Å². The van der Waals surface area contributed by atoms with Crippen LogP contribution in [0.2, 0.25) is 0 Å². The number of imide groups is 1. The fraction of sp³-hybridized carbons (Fsp3) is 0.400. The number of carbonyl (C=O) groups is 3. The van der Waals surface area contributed by atoms with Gasteiger partial charge in [0.15, 0.2) is 0 Å². The van der Waals surface area contributed by atoms with Crippen LogP contribution in [0, 0.1) is 0 Å². The Balaban J connectivity index is 1.37. The Bertz CT molecular complexity index is 1290. The molecule has 3 aliphatic heterocycles. The summed E-state index contributed by atoms with van der Waals surface area (Å²) in [5.41, 5.74) is 0.968. The van der Waals surface area contributed by atoms with Gasteiger partial charge in [0.25, 0.3) is 5.91 Å². The number of hydrogen-bond donors (Lipinski definition) is 1. The van der Waals surface area contributed by atoms with E-state index in [1.165, 1.54) is 4.90 Å². The first-order valence-electron chi connectivity index (χ1n) is 13.5. The first kappa shape index (κ1) is 16.4. The van der Waals surface area contributed by atoms with Gasteiger partial charge in [-0.2, -0.15) is 0 Å². The van der Waals surface area contributed by atoms with E-state index in [1.54, 1.807) is 23.1 Å². The maximum Gasteiger partial charge on any atom is 0.255 e. The van der Waals surface area contributed by atoms with Gasteiger partial charge in [-0.3, -0.25) is 24.6 Å². The zero-order valence-corrected chi connectivity index (χ0v) is 18.0. The number of benzene rings is 2. The SMILES string of the molecule is [2H]c1c([2H])c(C([2H])N2CCOCC2)c([2H])c([2H])c1COc1cccc2c1CN(C1CCC(=O)NC1=O)C2=O. The number of nitrogens with one attached hydrogen (secondary N) is 1. The molecule has 172 valence electrons. The van der Waals surface area contributed by atoms with E-state index >= 15 is 0 Å². The Kier molecular flexibility index (Phi) is 4.63. The van der Waals surface area contributed by atoms with Crippen molar-refractivity contribution in [3.05, 3.63) is 64.6 Å². The summed E-state index contributed by atoms with van der Waals surface area (Å²) in [5.74, 6) is -0.901. The number of morpholine rings is 1. The van der Waals surface area contributed by atoms with Crippen LogP contribution in [-0.2, 0) is 34.0 Å². The number of hydrogen-bond acceptors (Lipinski definition) is 6. The molecule has 3 amide bonds. The van der Waals surface area contributed by atoms with Crippen molar-refractivity contribution in [2.45, 2.75) is 38.6 Å². The first-order chi connectivity index (χ1) is 18.2. The van der Waals surface area contributed by atoms with Gasteiger partial charge in [-0.05, 0) is 29.7 Å². The van der Waals surface area contributed by atoms with Gasteiger partial charge in [-0.15, -0.1) is 0 Å². The minimum absolute atomic E-state index is 0.0109. The molecule has 2 unspecified atom stereocenters. The normalized spacial score (nSPS) is 24.2. The molecule has 2 fully saturated rings. The molecule has 0 bridgehead atoms. The summed E-state index contributed by atoms with van der Waals surface area (Å²) >= 11 is 0. The molecule has 2 saturated heterocycles. The lowest BCUT2D eigenvalue weighted by molar-refractivity contribution is -0.136. The molecule has 0 saturated carbocycles. The summed E-state index contributed by atoms with van der Waals surface area (Å²) < 4.78 is 53.8. The number of fused-ring (bicyclic) bond motifs is 1. The standard InChI is InChI=1S/C25H27N3O5/c29-23-9-8-21(24(30)26-23)28-15-20-19(25(28)31)2-1-3-22(20)33-16-18-6-4-17(5-7-18)14-27-10-12-32-13-11-27/h1-7,21H,8-16H2,(H,26,29,30)/i4D,5D,6D,7D,14D. The van der Waals surface area contributed by atoms with Gasteiger partial charge >= 0.3 is 0 Å². The van der Waals surface area contributed by atoms with Crippen LogP contribution in [0.4, 0.5) is 0 Å². The fourth-order valence-corrected chi connectivity index (χ4v) is 4.22. The molecule has 1 N–H and O–H groups in total. The van der Waals surface area contributed by atoms with E-state index in [1.807, 2.05) is 0 Å². The van der Waals surface area contributed by atoms with Crippen LogP contribution in [0.5, 0.6) is 5.75 Å². The second-order valence-electron chi connectivity index (χ2n) is 8.14. The summed E-state index contributed by atoms with van der Waals surface area (Å²) in [6, 6.07) is 3.01. The Morgan fingerprint density at radius 3 is 2.64 bits per heavy atom. The monoisotopic (exact) mass is 454 g/mol. The summed E-state index contributed by atoms with van der Waals surface area (Å²) in [6.45, 7) is 0.577. The van der Waals surface area contributed by atoms with Crippen molar-refractivity contribution in [1.29, 1.82) is 0 Å². The highest BCUT2D eigenvalue weighted by Gasteiger charge is 2.40. The largest absolute Gasteiger partial charge is 0.489 e. The van der Waals surface area contributed by atoms with Gasteiger partial charge in [-0.25, -0.2) is 0 Å². The number of piperidine rings is 1. The maximum absolute atomic E-state index is 13.0. The van der Waals surface area contributed by atoms with Crippen molar-refractivity contribution >= 4 is 17.7 Å². The second kappa shape index (κ2) is 9.33. The van der Waals surface area contributed by atoms with E-state index in [2.05, 4.69) is 5.32 Å². The summed E-state index contributed by atoms with van der Waals surface area (Å²) in [6.07, 6.45) is 0.376. The third-order valence-electron chi connectivity index (χ3n) is 5.96. The van der Waals surface area contributed by atoms with Gasteiger partial charge in [0.2, 0.25) is 11.8 Å². The van der Waals surface area contributed by atoms with Crippen LogP contribution in [-0.4, -0.2) is 59.9 Å². The Hall–Kier alpha value is -3.23. The molecule has 3 aliphatic rings. The van der Waals surface area contributed by atoms with E-state index in [-0.39, 0.29) is 73.1 Å². The summed E-state index contributed by atoms with van der Waals surface area (Å²) in [7, 11) is 0. The molecule has 2 aromatic rings. The van der Waals surface area contributed by atoms with E-state index in [0.717, 1.165) is 0 Å². The number of amides is 3. The highest BCUT2D eigenvalue weighted by atomic mass is 16.5. The lowest BCUT2D eigenvalue weighted by Crippen LogP contribution is -2.52. The molecule has 8 heteroatoms. The molecule has 2 atom stereocenters. The quantitative estimate of drug-likeness (QED) is 0.671. The number of rotatable bonds is 6. The molecule has 33 heavy (non-hydrogen) atoms. The molecule has 0 radical (unpaired) electrons. The average molecular weight is 455 g/mol. The molecule has 3 heterocycles. The van der Waals surface area contributed by atoms with Crippen LogP contribution < -0.4 is 10.1 Å². The second-order valence-corrected chi connectivity index (χ2v) is 8.14. The van der Waals surface area contributed by atoms with Gasteiger partial charge < -0.3 is 14.4 Å². The minimum Gasteiger partial charge on any atom is -0.489 e. The predicted molar refractivity (Wildman–Crippen MR) is 119 cm³/mol. The van der Waals surface area contributed by atoms with Crippen LogP contribution in [0.25, 0.3) is 0 Å². The number of carbonyl (C=O) groups excluding carboxylic acids is 3. The lowest BCUT2D eigenvalue weighted by atomic mass is 10.0.